The second kappa shape index (κ2) is 7.54. The van der Waals surface area contributed by atoms with Crippen molar-refractivity contribution >= 4 is 49.2 Å². The molecule has 0 radical (unpaired) electrons. The first kappa shape index (κ1) is 16.7. The van der Waals surface area contributed by atoms with Gasteiger partial charge in [-0.25, -0.2) is 4.79 Å². The van der Waals surface area contributed by atoms with Crippen molar-refractivity contribution in [2.24, 2.45) is 0 Å². The molecule has 1 aromatic carbocycles. The summed E-state index contributed by atoms with van der Waals surface area (Å²) in [5.74, 6) is -0.862. The maximum absolute atomic E-state index is 11.2. The number of carboxylic acid groups (broad SMARTS) is 1. The molecule has 1 heterocycles. The second-order valence-electron chi connectivity index (χ2n) is 4.78. The summed E-state index contributed by atoms with van der Waals surface area (Å²) in [6.45, 7) is 1.67. The van der Waals surface area contributed by atoms with E-state index in [2.05, 4.69) is 42.8 Å². The van der Waals surface area contributed by atoms with E-state index in [9.17, 15) is 9.90 Å². The zero-order valence-corrected chi connectivity index (χ0v) is 15.5. The Morgan fingerprint density at radius 1 is 1.33 bits per heavy atom. The van der Waals surface area contributed by atoms with Crippen molar-refractivity contribution in [3.05, 3.63) is 54.6 Å². The molecule has 0 atom stereocenters. The molecule has 6 heteroatoms. The molecular formula is C15H15Br2NO2S. The van der Waals surface area contributed by atoms with Crippen LogP contribution in [0.2, 0.25) is 0 Å². The van der Waals surface area contributed by atoms with Gasteiger partial charge >= 0.3 is 5.97 Å². The van der Waals surface area contributed by atoms with Crippen LogP contribution in [-0.4, -0.2) is 29.6 Å². The lowest BCUT2D eigenvalue weighted by Gasteiger charge is -2.16. The summed E-state index contributed by atoms with van der Waals surface area (Å²) in [4.78, 5) is 14.6. The molecule has 0 fully saturated rings. The molecule has 2 rings (SSSR count). The van der Waals surface area contributed by atoms with Crippen LogP contribution in [0.4, 0.5) is 0 Å². The Morgan fingerprint density at radius 2 is 2.05 bits per heavy atom. The largest absolute Gasteiger partial charge is 0.478 e. The van der Waals surface area contributed by atoms with E-state index in [1.807, 2.05) is 19.2 Å². The third kappa shape index (κ3) is 4.64. The zero-order chi connectivity index (χ0) is 15.4. The van der Waals surface area contributed by atoms with Crippen LogP contribution in [0.3, 0.4) is 0 Å². The van der Waals surface area contributed by atoms with E-state index in [0.29, 0.717) is 5.56 Å². The number of likely N-dealkylation sites (N-methyl/N-ethyl adjacent to an activating group) is 1. The van der Waals surface area contributed by atoms with Crippen LogP contribution in [0.5, 0.6) is 0 Å². The van der Waals surface area contributed by atoms with Gasteiger partial charge in [0.2, 0.25) is 0 Å². The van der Waals surface area contributed by atoms with E-state index < -0.39 is 5.97 Å². The highest BCUT2D eigenvalue weighted by Crippen LogP contribution is 2.32. The van der Waals surface area contributed by atoms with Crippen molar-refractivity contribution in [1.29, 1.82) is 0 Å². The normalized spacial score (nSPS) is 11.0. The molecule has 21 heavy (non-hydrogen) atoms. The van der Waals surface area contributed by atoms with Gasteiger partial charge in [0.1, 0.15) is 0 Å². The SMILES string of the molecule is CN(CCc1ccccc1C(=O)O)Cc1cc(Br)c(Br)s1. The first-order chi connectivity index (χ1) is 9.97. The van der Waals surface area contributed by atoms with Crippen LogP contribution < -0.4 is 0 Å². The topological polar surface area (TPSA) is 40.5 Å². The Balaban J connectivity index is 1.95. The molecule has 0 saturated carbocycles. The van der Waals surface area contributed by atoms with Crippen LogP contribution in [0.1, 0.15) is 20.8 Å². The molecule has 2 aromatic rings. The predicted molar refractivity (Wildman–Crippen MR) is 93.2 cm³/mol. The summed E-state index contributed by atoms with van der Waals surface area (Å²) in [5.41, 5.74) is 1.28. The number of halogens is 2. The molecule has 112 valence electrons. The predicted octanol–water partition coefficient (Wildman–Crippen LogP) is 4.65. The average Bonchev–Trinajstić information content (AvgIpc) is 2.75. The monoisotopic (exact) mass is 431 g/mol. The molecule has 0 bridgehead atoms. The minimum absolute atomic E-state index is 0.396. The highest BCUT2D eigenvalue weighted by atomic mass is 79.9. The van der Waals surface area contributed by atoms with Crippen molar-refractivity contribution < 1.29 is 9.90 Å². The van der Waals surface area contributed by atoms with Gasteiger partial charge in [-0.15, -0.1) is 11.3 Å². The molecule has 0 aliphatic rings. The summed E-state index contributed by atoms with van der Waals surface area (Å²) in [5, 5.41) is 9.18. The lowest BCUT2D eigenvalue weighted by atomic mass is 10.0. The van der Waals surface area contributed by atoms with Crippen LogP contribution in [0.25, 0.3) is 0 Å². The van der Waals surface area contributed by atoms with Crippen LogP contribution in [0, 0.1) is 0 Å². The molecule has 0 amide bonds. The van der Waals surface area contributed by atoms with Crippen molar-refractivity contribution in [2.75, 3.05) is 13.6 Å². The van der Waals surface area contributed by atoms with Crippen molar-refractivity contribution in [3.8, 4) is 0 Å². The Hall–Kier alpha value is -0.690. The molecule has 0 spiro atoms. The summed E-state index contributed by atoms with van der Waals surface area (Å²) >= 11 is 8.69. The van der Waals surface area contributed by atoms with Gasteiger partial charge in [0, 0.05) is 22.4 Å². The minimum atomic E-state index is -0.862. The van der Waals surface area contributed by atoms with Crippen LogP contribution in [0.15, 0.2) is 38.6 Å². The Bertz CT molecular complexity index is 623. The molecule has 0 unspecified atom stereocenters. The molecule has 3 nitrogen and oxygen atoms in total. The molecule has 1 N–H and O–H groups in total. The highest BCUT2D eigenvalue weighted by Gasteiger charge is 2.11. The van der Waals surface area contributed by atoms with Crippen LogP contribution in [-0.2, 0) is 13.0 Å². The highest BCUT2D eigenvalue weighted by molar-refractivity contribution is 9.13. The third-order valence-electron chi connectivity index (χ3n) is 3.13. The summed E-state index contributed by atoms with van der Waals surface area (Å²) in [7, 11) is 2.05. The fraction of sp³-hybridized carbons (Fsp3) is 0.267. The number of hydrogen-bond donors (Lipinski definition) is 1. The first-order valence-corrected chi connectivity index (χ1v) is 8.81. The van der Waals surface area contributed by atoms with E-state index in [1.165, 1.54) is 4.88 Å². The van der Waals surface area contributed by atoms with Crippen molar-refractivity contribution in [3.63, 3.8) is 0 Å². The number of benzene rings is 1. The zero-order valence-electron chi connectivity index (χ0n) is 11.5. The molecule has 0 aliphatic heterocycles. The van der Waals surface area contributed by atoms with Gasteiger partial charge in [0.05, 0.1) is 9.35 Å². The van der Waals surface area contributed by atoms with Crippen molar-refractivity contribution in [2.45, 2.75) is 13.0 Å². The summed E-state index contributed by atoms with van der Waals surface area (Å²) in [6, 6.07) is 9.30. The Morgan fingerprint density at radius 3 is 2.67 bits per heavy atom. The summed E-state index contributed by atoms with van der Waals surface area (Å²) < 4.78 is 2.18. The van der Waals surface area contributed by atoms with E-state index >= 15 is 0 Å². The number of carbonyl (C=O) groups is 1. The summed E-state index contributed by atoms with van der Waals surface area (Å²) in [6.07, 6.45) is 0.729. The average molecular weight is 433 g/mol. The van der Waals surface area contributed by atoms with Crippen molar-refractivity contribution in [1.82, 2.24) is 4.90 Å². The van der Waals surface area contributed by atoms with Gasteiger partial charge < -0.3 is 10.0 Å². The number of rotatable bonds is 6. The lowest BCUT2D eigenvalue weighted by Crippen LogP contribution is -2.21. The molecule has 1 aromatic heterocycles. The number of carboxylic acids is 1. The maximum atomic E-state index is 11.2. The number of nitrogens with zero attached hydrogens (tertiary/aromatic N) is 1. The van der Waals surface area contributed by atoms with Gasteiger partial charge in [-0.05, 0) is 63.0 Å². The number of hydrogen-bond acceptors (Lipinski definition) is 3. The lowest BCUT2D eigenvalue weighted by molar-refractivity contribution is 0.0695. The first-order valence-electron chi connectivity index (χ1n) is 6.41. The van der Waals surface area contributed by atoms with Crippen LogP contribution >= 0.6 is 43.2 Å². The quantitative estimate of drug-likeness (QED) is 0.722. The molecular weight excluding hydrogens is 418 g/mol. The minimum Gasteiger partial charge on any atom is -0.478 e. The van der Waals surface area contributed by atoms with Gasteiger partial charge in [-0.3, -0.25) is 0 Å². The van der Waals surface area contributed by atoms with E-state index in [0.717, 1.165) is 33.3 Å². The fourth-order valence-corrected chi connectivity index (χ4v) is 4.33. The fourth-order valence-electron chi connectivity index (χ4n) is 2.07. The number of thiophene rings is 1. The Kier molecular flexibility index (Phi) is 5.98. The molecule has 0 saturated heterocycles. The second-order valence-corrected chi connectivity index (χ2v) is 8.09. The van der Waals surface area contributed by atoms with E-state index in [4.69, 9.17) is 0 Å². The maximum Gasteiger partial charge on any atom is 0.335 e. The standard InChI is InChI=1S/C15H15Br2NO2S/c1-18(9-11-8-13(16)14(17)21-11)7-6-10-4-2-3-5-12(10)15(19)20/h2-5,8H,6-7,9H2,1H3,(H,19,20). The molecule has 0 aliphatic carbocycles. The van der Waals surface area contributed by atoms with Gasteiger partial charge in [-0.2, -0.15) is 0 Å². The smallest absolute Gasteiger partial charge is 0.335 e. The van der Waals surface area contributed by atoms with E-state index in [1.54, 1.807) is 23.5 Å². The van der Waals surface area contributed by atoms with Gasteiger partial charge in [0.15, 0.2) is 0 Å². The third-order valence-corrected chi connectivity index (χ3v) is 6.37. The van der Waals surface area contributed by atoms with Gasteiger partial charge in [-0.1, -0.05) is 18.2 Å². The van der Waals surface area contributed by atoms with Gasteiger partial charge in [0.25, 0.3) is 0 Å². The van der Waals surface area contributed by atoms with E-state index in [-0.39, 0.29) is 0 Å². The number of aromatic carboxylic acids is 1. The Labute approximate surface area is 144 Å².